The van der Waals surface area contributed by atoms with Crippen LogP contribution in [-0.2, 0) is 5.41 Å². The van der Waals surface area contributed by atoms with Crippen molar-refractivity contribution in [2.45, 2.75) is 19.3 Å². The topological polar surface area (TPSA) is 3.24 Å². The van der Waals surface area contributed by atoms with Crippen molar-refractivity contribution in [1.82, 2.24) is 0 Å². The summed E-state index contributed by atoms with van der Waals surface area (Å²) in [5.74, 6) is 0. The van der Waals surface area contributed by atoms with Gasteiger partial charge in [0, 0.05) is 0 Å². The second kappa shape index (κ2) is 10.8. The second-order valence-electron chi connectivity index (χ2n) is 13.7. The van der Waals surface area contributed by atoms with E-state index in [1.807, 2.05) is 0 Å². The van der Waals surface area contributed by atoms with Crippen LogP contribution in [0, 0.1) is 0 Å². The van der Waals surface area contributed by atoms with Crippen molar-refractivity contribution < 1.29 is 0 Å². The fraction of sp³-hybridized carbons (Fsp3) is 0.0638. The molecule has 0 spiro atoms. The first-order valence-electron chi connectivity index (χ1n) is 17.0. The molecule has 9 aromatic rings. The summed E-state index contributed by atoms with van der Waals surface area (Å²) in [6.07, 6.45) is 0. The van der Waals surface area contributed by atoms with Crippen molar-refractivity contribution in [3.05, 3.63) is 175 Å². The SMILES string of the molecule is CC1(C)c2ccccc2-c2ccc(N(c3ccc4[se]c5c(ccc6ccc7ccccc7c65)c4c3)c3ccccc3-c3ccccc3)cc21. The number of hydrogen-bond acceptors (Lipinski definition) is 1. The van der Waals surface area contributed by atoms with Gasteiger partial charge in [0.05, 0.1) is 0 Å². The number of benzene rings is 8. The molecule has 0 fully saturated rings. The van der Waals surface area contributed by atoms with E-state index in [1.54, 1.807) is 0 Å². The van der Waals surface area contributed by atoms with Gasteiger partial charge in [-0.05, 0) is 0 Å². The van der Waals surface area contributed by atoms with Crippen LogP contribution in [0.4, 0.5) is 17.1 Å². The van der Waals surface area contributed by atoms with E-state index < -0.39 is 0 Å². The van der Waals surface area contributed by atoms with Gasteiger partial charge in [-0.25, -0.2) is 0 Å². The summed E-state index contributed by atoms with van der Waals surface area (Å²) >= 11 is 0.225. The molecule has 10 rings (SSSR count). The van der Waals surface area contributed by atoms with Gasteiger partial charge < -0.3 is 0 Å². The molecule has 49 heavy (non-hydrogen) atoms. The van der Waals surface area contributed by atoms with Gasteiger partial charge in [-0.1, -0.05) is 0 Å². The zero-order valence-corrected chi connectivity index (χ0v) is 29.2. The molecule has 1 heterocycles. The third kappa shape index (κ3) is 4.31. The third-order valence-electron chi connectivity index (χ3n) is 10.6. The predicted octanol–water partition coefficient (Wildman–Crippen LogP) is 12.8. The Morgan fingerprint density at radius 3 is 2.04 bits per heavy atom. The van der Waals surface area contributed by atoms with Gasteiger partial charge in [0.1, 0.15) is 0 Å². The minimum absolute atomic E-state index is 0.0875. The van der Waals surface area contributed by atoms with Gasteiger partial charge >= 0.3 is 294 Å². The van der Waals surface area contributed by atoms with E-state index in [1.165, 1.54) is 91.3 Å². The Labute approximate surface area is 292 Å². The monoisotopic (exact) mass is 691 g/mol. The van der Waals surface area contributed by atoms with Crippen LogP contribution in [0.2, 0.25) is 0 Å². The maximum absolute atomic E-state index is 2.49. The minimum atomic E-state index is -0.0875. The van der Waals surface area contributed by atoms with Gasteiger partial charge in [-0.15, -0.1) is 0 Å². The number of fused-ring (bicyclic) bond motifs is 10. The first-order chi connectivity index (χ1) is 24.1. The molecule has 0 atom stereocenters. The zero-order chi connectivity index (χ0) is 32.7. The molecular formula is C47H33NSe. The van der Waals surface area contributed by atoms with E-state index in [-0.39, 0.29) is 19.9 Å². The summed E-state index contributed by atoms with van der Waals surface area (Å²) in [6.45, 7) is 4.73. The average Bonchev–Trinajstić information content (AvgIpc) is 3.64. The molecule has 8 aromatic carbocycles. The molecule has 0 unspecified atom stereocenters. The molecule has 1 aliphatic carbocycles. The van der Waals surface area contributed by atoms with Crippen molar-refractivity contribution in [3.8, 4) is 22.3 Å². The molecular weight excluding hydrogens is 657 g/mol. The van der Waals surface area contributed by atoms with Crippen molar-refractivity contribution in [1.29, 1.82) is 0 Å². The van der Waals surface area contributed by atoms with Gasteiger partial charge in [0.25, 0.3) is 0 Å². The fourth-order valence-electron chi connectivity index (χ4n) is 8.24. The Morgan fingerprint density at radius 2 is 1.14 bits per heavy atom. The van der Waals surface area contributed by atoms with Gasteiger partial charge in [-0.2, -0.15) is 0 Å². The maximum atomic E-state index is 2.49. The molecule has 0 saturated heterocycles. The van der Waals surface area contributed by atoms with Crippen LogP contribution in [0.3, 0.4) is 0 Å². The molecule has 232 valence electrons. The van der Waals surface area contributed by atoms with Crippen LogP contribution in [0.5, 0.6) is 0 Å². The number of hydrogen-bond donors (Lipinski definition) is 0. The molecule has 2 heteroatoms. The molecule has 0 saturated carbocycles. The van der Waals surface area contributed by atoms with Crippen LogP contribution in [-0.4, -0.2) is 14.5 Å². The fourth-order valence-corrected chi connectivity index (χ4v) is 10.9. The number of para-hydroxylation sites is 1. The molecule has 1 aromatic heterocycles. The Morgan fingerprint density at radius 1 is 0.469 bits per heavy atom. The predicted molar refractivity (Wildman–Crippen MR) is 211 cm³/mol. The van der Waals surface area contributed by atoms with Gasteiger partial charge in [0.2, 0.25) is 0 Å². The summed E-state index contributed by atoms with van der Waals surface area (Å²) in [5.41, 5.74) is 11.3. The van der Waals surface area contributed by atoms with Crippen LogP contribution in [0.25, 0.3) is 63.1 Å². The Kier molecular flexibility index (Phi) is 6.31. The Hall–Kier alpha value is -5.40. The zero-order valence-electron chi connectivity index (χ0n) is 27.4. The normalized spacial score (nSPS) is 13.3. The molecule has 0 aliphatic heterocycles. The molecule has 1 aliphatic rings. The van der Waals surface area contributed by atoms with Crippen molar-refractivity contribution in [2.75, 3.05) is 4.90 Å². The summed E-state index contributed by atoms with van der Waals surface area (Å²) < 4.78 is 2.95. The van der Waals surface area contributed by atoms with E-state index in [0.717, 1.165) is 0 Å². The van der Waals surface area contributed by atoms with E-state index in [0.29, 0.717) is 0 Å². The van der Waals surface area contributed by atoms with Crippen LogP contribution in [0.1, 0.15) is 25.0 Å². The standard InChI is InChI=1S/C47H33NSe/c1-47(2)41-18-10-8-17-37(41)38-26-23-34(29-42(38)47)48(43-19-11-9-15-35(43)30-12-4-3-5-13-30)33-24-27-44-40(28-33)39-25-22-32-21-20-31-14-6-7-16-36(31)45(32)46(39)49-44/h3-29H,1-2H3. The summed E-state index contributed by atoms with van der Waals surface area (Å²) in [5, 5.41) is 8.14. The molecule has 0 bridgehead atoms. The van der Waals surface area contributed by atoms with Gasteiger partial charge in [0.15, 0.2) is 0 Å². The first kappa shape index (κ1) is 28.6. The van der Waals surface area contributed by atoms with E-state index in [9.17, 15) is 0 Å². The molecule has 0 N–H and O–H groups in total. The second-order valence-corrected chi connectivity index (χ2v) is 15.9. The van der Waals surface area contributed by atoms with E-state index in [4.69, 9.17) is 0 Å². The Balaban J connectivity index is 1.23. The summed E-state index contributed by atoms with van der Waals surface area (Å²) in [6, 6.07) is 61.0. The van der Waals surface area contributed by atoms with Crippen LogP contribution in [0.15, 0.2) is 164 Å². The number of nitrogens with zero attached hydrogens (tertiary/aromatic N) is 1. The average molecular weight is 691 g/mol. The molecule has 0 radical (unpaired) electrons. The first-order valence-corrected chi connectivity index (χ1v) is 18.7. The van der Waals surface area contributed by atoms with Crippen molar-refractivity contribution >= 4 is 72.4 Å². The van der Waals surface area contributed by atoms with Crippen molar-refractivity contribution in [3.63, 3.8) is 0 Å². The van der Waals surface area contributed by atoms with Gasteiger partial charge in [-0.3, -0.25) is 0 Å². The van der Waals surface area contributed by atoms with E-state index >= 15 is 0 Å². The summed E-state index contributed by atoms with van der Waals surface area (Å²) in [7, 11) is 0. The van der Waals surface area contributed by atoms with Crippen LogP contribution < -0.4 is 4.90 Å². The van der Waals surface area contributed by atoms with E-state index in [2.05, 4.69) is 183 Å². The van der Waals surface area contributed by atoms with Crippen LogP contribution >= 0.6 is 0 Å². The number of rotatable bonds is 4. The Bertz CT molecular complexity index is 2750. The summed E-state index contributed by atoms with van der Waals surface area (Å²) in [4.78, 5) is 2.49. The van der Waals surface area contributed by atoms with Crippen molar-refractivity contribution in [2.24, 2.45) is 0 Å². The molecule has 1 nitrogen and oxygen atoms in total. The molecule has 0 amide bonds. The number of anilines is 3. The quantitative estimate of drug-likeness (QED) is 0.131. The third-order valence-corrected chi connectivity index (χ3v) is 13.2.